The van der Waals surface area contributed by atoms with Crippen molar-refractivity contribution in [2.24, 2.45) is 0 Å². The Morgan fingerprint density at radius 3 is 2.60 bits per heavy atom. The second-order valence-electron chi connectivity index (χ2n) is 4.96. The molecule has 0 saturated heterocycles. The summed E-state index contributed by atoms with van der Waals surface area (Å²) < 4.78 is 11.2. The van der Waals surface area contributed by atoms with Crippen molar-refractivity contribution in [3.8, 4) is 5.75 Å². The summed E-state index contributed by atoms with van der Waals surface area (Å²) >= 11 is 6.17. The van der Waals surface area contributed by atoms with E-state index in [-0.39, 0.29) is 0 Å². The highest BCUT2D eigenvalue weighted by Gasteiger charge is 2.06. The van der Waals surface area contributed by atoms with Gasteiger partial charge in [0, 0.05) is 6.54 Å². The molecule has 4 heteroatoms. The fourth-order valence-corrected chi connectivity index (χ4v) is 2.34. The SMILES string of the molecule is CCCCNCCOCCOc1c(C)cc(C)cc1Cl. The second-order valence-corrected chi connectivity index (χ2v) is 5.36. The molecule has 0 aromatic heterocycles. The fourth-order valence-electron chi connectivity index (χ4n) is 1.96. The Hall–Kier alpha value is -0.770. The van der Waals surface area contributed by atoms with Crippen LogP contribution in [0.15, 0.2) is 12.1 Å². The molecule has 0 radical (unpaired) electrons. The minimum absolute atomic E-state index is 0.526. The number of halogens is 1. The van der Waals surface area contributed by atoms with Crippen molar-refractivity contribution >= 4 is 11.6 Å². The number of hydrogen-bond acceptors (Lipinski definition) is 3. The first-order valence-electron chi connectivity index (χ1n) is 7.33. The Bertz CT molecular complexity index is 373. The van der Waals surface area contributed by atoms with Gasteiger partial charge in [0.1, 0.15) is 12.4 Å². The topological polar surface area (TPSA) is 30.5 Å². The van der Waals surface area contributed by atoms with Gasteiger partial charge in [-0.3, -0.25) is 0 Å². The zero-order valence-corrected chi connectivity index (χ0v) is 13.6. The van der Waals surface area contributed by atoms with Gasteiger partial charge in [0.05, 0.1) is 18.2 Å². The van der Waals surface area contributed by atoms with Crippen LogP contribution >= 0.6 is 11.6 Å². The largest absolute Gasteiger partial charge is 0.489 e. The van der Waals surface area contributed by atoms with Crippen LogP contribution in [0.1, 0.15) is 30.9 Å². The van der Waals surface area contributed by atoms with Crippen molar-refractivity contribution in [1.29, 1.82) is 0 Å². The molecule has 20 heavy (non-hydrogen) atoms. The zero-order chi connectivity index (χ0) is 14.8. The number of unbranched alkanes of at least 4 members (excludes halogenated alkanes) is 1. The van der Waals surface area contributed by atoms with Crippen LogP contribution in [0.4, 0.5) is 0 Å². The van der Waals surface area contributed by atoms with Gasteiger partial charge in [0.15, 0.2) is 0 Å². The number of rotatable bonds is 10. The number of aryl methyl sites for hydroxylation is 2. The van der Waals surface area contributed by atoms with E-state index >= 15 is 0 Å². The highest BCUT2D eigenvalue weighted by molar-refractivity contribution is 6.32. The van der Waals surface area contributed by atoms with Crippen LogP contribution in [0.5, 0.6) is 5.75 Å². The molecule has 0 unspecified atom stereocenters. The third-order valence-electron chi connectivity index (χ3n) is 2.98. The predicted octanol–water partition coefficient (Wildman–Crippen LogP) is 3.74. The molecular formula is C16H26ClNO2. The number of benzene rings is 1. The standard InChI is InChI=1S/C16H26ClNO2/c1-4-5-6-18-7-8-19-9-10-20-16-14(3)11-13(2)12-15(16)17/h11-12,18H,4-10H2,1-3H3. The molecule has 1 rings (SSSR count). The summed E-state index contributed by atoms with van der Waals surface area (Å²) in [6.45, 7) is 10.0. The number of nitrogens with one attached hydrogen (secondary N) is 1. The lowest BCUT2D eigenvalue weighted by atomic mass is 10.1. The van der Waals surface area contributed by atoms with E-state index in [2.05, 4.69) is 18.3 Å². The summed E-state index contributed by atoms with van der Waals surface area (Å²) in [6, 6.07) is 3.99. The van der Waals surface area contributed by atoms with Gasteiger partial charge in [-0.2, -0.15) is 0 Å². The summed E-state index contributed by atoms with van der Waals surface area (Å²) in [5.41, 5.74) is 2.21. The van der Waals surface area contributed by atoms with Crippen molar-refractivity contribution in [1.82, 2.24) is 5.32 Å². The lowest BCUT2D eigenvalue weighted by Gasteiger charge is -2.12. The van der Waals surface area contributed by atoms with Crippen molar-refractivity contribution in [2.45, 2.75) is 33.6 Å². The first-order chi connectivity index (χ1) is 9.65. The molecule has 0 bridgehead atoms. The Balaban J connectivity index is 2.13. The van der Waals surface area contributed by atoms with Crippen LogP contribution < -0.4 is 10.1 Å². The smallest absolute Gasteiger partial charge is 0.140 e. The summed E-state index contributed by atoms with van der Waals surface area (Å²) in [4.78, 5) is 0. The van der Waals surface area contributed by atoms with E-state index < -0.39 is 0 Å². The van der Waals surface area contributed by atoms with Gasteiger partial charge in [-0.15, -0.1) is 0 Å². The predicted molar refractivity (Wildman–Crippen MR) is 85.0 cm³/mol. The molecule has 0 atom stereocenters. The van der Waals surface area contributed by atoms with Gasteiger partial charge in [-0.25, -0.2) is 0 Å². The lowest BCUT2D eigenvalue weighted by Crippen LogP contribution is -2.21. The molecule has 0 heterocycles. The first-order valence-corrected chi connectivity index (χ1v) is 7.71. The van der Waals surface area contributed by atoms with Crippen molar-refractivity contribution in [3.05, 3.63) is 28.3 Å². The minimum Gasteiger partial charge on any atom is -0.489 e. The van der Waals surface area contributed by atoms with Crippen LogP contribution in [0.3, 0.4) is 0 Å². The zero-order valence-electron chi connectivity index (χ0n) is 12.8. The molecular weight excluding hydrogens is 274 g/mol. The Morgan fingerprint density at radius 2 is 1.90 bits per heavy atom. The van der Waals surface area contributed by atoms with Crippen molar-refractivity contribution < 1.29 is 9.47 Å². The fraction of sp³-hybridized carbons (Fsp3) is 0.625. The van der Waals surface area contributed by atoms with Crippen LogP contribution in [-0.2, 0) is 4.74 Å². The molecule has 3 nitrogen and oxygen atoms in total. The summed E-state index contributed by atoms with van der Waals surface area (Å²) in [7, 11) is 0. The molecule has 0 saturated carbocycles. The third kappa shape index (κ3) is 6.60. The molecule has 0 amide bonds. The van der Waals surface area contributed by atoms with Gasteiger partial charge < -0.3 is 14.8 Å². The lowest BCUT2D eigenvalue weighted by molar-refractivity contribution is 0.102. The van der Waals surface area contributed by atoms with Gasteiger partial charge in [-0.1, -0.05) is 31.0 Å². The average Bonchev–Trinajstić information content (AvgIpc) is 2.39. The summed E-state index contributed by atoms with van der Waals surface area (Å²) in [5, 5.41) is 4.00. The molecule has 0 aliphatic carbocycles. The second kappa shape index (κ2) is 10.0. The van der Waals surface area contributed by atoms with Crippen LogP contribution in [0.2, 0.25) is 5.02 Å². The summed E-state index contributed by atoms with van der Waals surface area (Å²) in [6.07, 6.45) is 2.44. The molecule has 1 N–H and O–H groups in total. The van der Waals surface area contributed by atoms with Gasteiger partial charge in [-0.05, 0) is 44.0 Å². The maximum Gasteiger partial charge on any atom is 0.140 e. The monoisotopic (exact) mass is 299 g/mol. The molecule has 0 spiro atoms. The average molecular weight is 300 g/mol. The van der Waals surface area contributed by atoms with Gasteiger partial charge in [0.25, 0.3) is 0 Å². The molecule has 0 aliphatic rings. The minimum atomic E-state index is 0.526. The molecule has 0 aliphatic heterocycles. The van der Waals surface area contributed by atoms with Gasteiger partial charge in [0.2, 0.25) is 0 Å². The first kappa shape index (κ1) is 17.3. The van der Waals surface area contributed by atoms with E-state index in [1.807, 2.05) is 19.9 Å². The maximum atomic E-state index is 6.17. The highest BCUT2D eigenvalue weighted by atomic mass is 35.5. The van der Waals surface area contributed by atoms with E-state index in [0.29, 0.717) is 24.8 Å². The van der Waals surface area contributed by atoms with Crippen LogP contribution in [0.25, 0.3) is 0 Å². The van der Waals surface area contributed by atoms with E-state index in [1.165, 1.54) is 12.8 Å². The molecule has 114 valence electrons. The van der Waals surface area contributed by atoms with E-state index in [9.17, 15) is 0 Å². The van der Waals surface area contributed by atoms with E-state index in [0.717, 1.165) is 30.0 Å². The Labute approximate surface area is 127 Å². The van der Waals surface area contributed by atoms with Gasteiger partial charge >= 0.3 is 0 Å². The van der Waals surface area contributed by atoms with Crippen molar-refractivity contribution in [3.63, 3.8) is 0 Å². The number of hydrogen-bond donors (Lipinski definition) is 1. The van der Waals surface area contributed by atoms with Crippen LogP contribution in [0, 0.1) is 13.8 Å². The third-order valence-corrected chi connectivity index (χ3v) is 3.26. The van der Waals surface area contributed by atoms with Crippen molar-refractivity contribution in [2.75, 3.05) is 32.9 Å². The molecule has 0 fully saturated rings. The molecule has 1 aromatic carbocycles. The van der Waals surface area contributed by atoms with E-state index in [1.54, 1.807) is 0 Å². The maximum absolute atomic E-state index is 6.17. The van der Waals surface area contributed by atoms with E-state index in [4.69, 9.17) is 21.1 Å². The summed E-state index contributed by atoms with van der Waals surface area (Å²) in [5.74, 6) is 0.766. The normalized spacial score (nSPS) is 10.8. The molecule has 1 aromatic rings. The Kier molecular flexibility index (Phi) is 8.67. The van der Waals surface area contributed by atoms with Crippen LogP contribution in [-0.4, -0.2) is 32.9 Å². The number of ether oxygens (including phenoxy) is 2. The highest BCUT2D eigenvalue weighted by Crippen LogP contribution is 2.29. The Morgan fingerprint density at radius 1 is 1.10 bits per heavy atom. The quantitative estimate of drug-likeness (QED) is 0.668.